The number of ether oxygens (including phenoxy) is 1. The van der Waals surface area contributed by atoms with Gasteiger partial charge >= 0.3 is 5.97 Å². The Hall–Kier alpha value is -2.09. The van der Waals surface area contributed by atoms with E-state index < -0.39 is 5.60 Å². The van der Waals surface area contributed by atoms with Crippen LogP contribution in [-0.2, 0) is 15.1 Å². The number of esters is 1. The number of fused-ring (bicyclic) bond motifs is 1. The predicted molar refractivity (Wildman–Crippen MR) is 85.0 cm³/mol. The summed E-state index contributed by atoms with van der Waals surface area (Å²) in [4.78, 5) is 12.0. The summed E-state index contributed by atoms with van der Waals surface area (Å²) in [6.45, 7) is 5.40. The first kappa shape index (κ1) is 13.9. The highest BCUT2D eigenvalue weighted by molar-refractivity contribution is 5.88. The summed E-state index contributed by atoms with van der Waals surface area (Å²) in [7, 11) is 0. The lowest BCUT2D eigenvalue weighted by Gasteiger charge is -2.30. The zero-order valence-corrected chi connectivity index (χ0v) is 12.4. The third-order valence-corrected chi connectivity index (χ3v) is 4.32. The van der Waals surface area contributed by atoms with Crippen LogP contribution >= 0.6 is 0 Å². The zero-order valence-electron chi connectivity index (χ0n) is 12.4. The van der Waals surface area contributed by atoms with E-state index in [1.807, 2.05) is 12.1 Å². The van der Waals surface area contributed by atoms with Crippen LogP contribution in [0.4, 0.5) is 0 Å². The number of hydrogen-bond donors (Lipinski definition) is 0. The van der Waals surface area contributed by atoms with Gasteiger partial charge in [-0.05, 0) is 55.0 Å². The second-order valence-corrected chi connectivity index (χ2v) is 5.93. The molecule has 1 saturated carbocycles. The van der Waals surface area contributed by atoms with Crippen LogP contribution in [0.3, 0.4) is 0 Å². The van der Waals surface area contributed by atoms with E-state index in [9.17, 15) is 4.79 Å². The number of carbonyl (C=O) groups excluding carboxylic acids is 1. The first-order valence-corrected chi connectivity index (χ1v) is 7.49. The van der Waals surface area contributed by atoms with E-state index in [1.165, 1.54) is 10.8 Å². The van der Waals surface area contributed by atoms with E-state index in [0.717, 1.165) is 31.2 Å². The zero-order chi connectivity index (χ0) is 14.9. The molecule has 108 valence electrons. The maximum atomic E-state index is 12.0. The topological polar surface area (TPSA) is 26.3 Å². The van der Waals surface area contributed by atoms with Gasteiger partial charge in [0.25, 0.3) is 0 Å². The van der Waals surface area contributed by atoms with Crippen molar-refractivity contribution in [2.45, 2.75) is 38.2 Å². The molecule has 0 bridgehead atoms. The Morgan fingerprint density at radius 2 is 1.76 bits per heavy atom. The fraction of sp³-hybridized carbons (Fsp3) is 0.316. The summed E-state index contributed by atoms with van der Waals surface area (Å²) in [5.41, 5.74) is 1.09. The van der Waals surface area contributed by atoms with Crippen molar-refractivity contribution in [3.05, 3.63) is 60.2 Å². The van der Waals surface area contributed by atoms with Crippen molar-refractivity contribution in [3.63, 3.8) is 0 Å². The molecule has 0 saturated heterocycles. The Morgan fingerprint density at radius 3 is 2.43 bits per heavy atom. The lowest BCUT2D eigenvalue weighted by Crippen LogP contribution is -2.29. The van der Waals surface area contributed by atoms with Crippen LogP contribution in [0.5, 0.6) is 0 Å². The van der Waals surface area contributed by atoms with Crippen molar-refractivity contribution < 1.29 is 9.53 Å². The Bertz CT molecular complexity index is 694. The van der Waals surface area contributed by atoms with Gasteiger partial charge in [0.05, 0.1) is 0 Å². The molecule has 0 radical (unpaired) electrons. The van der Waals surface area contributed by atoms with E-state index >= 15 is 0 Å². The van der Waals surface area contributed by atoms with Crippen molar-refractivity contribution in [2.24, 2.45) is 0 Å². The minimum atomic E-state index is -0.472. The largest absolute Gasteiger partial charge is 0.451 e. The lowest BCUT2D eigenvalue weighted by molar-refractivity contribution is -0.155. The average molecular weight is 280 g/mol. The van der Waals surface area contributed by atoms with Crippen molar-refractivity contribution in [1.82, 2.24) is 0 Å². The highest BCUT2D eigenvalue weighted by atomic mass is 16.6. The maximum absolute atomic E-state index is 12.0. The molecule has 1 aliphatic carbocycles. The van der Waals surface area contributed by atoms with Crippen LogP contribution in [0, 0.1) is 0 Å². The molecule has 0 N–H and O–H groups in total. The lowest BCUT2D eigenvalue weighted by atomic mass is 9.90. The highest BCUT2D eigenvalue weighted by Gasteiger charge is 2.39. The molecule has 0 heterocycles. The molecule has 0 aromatic heterocycles. The van der Waals surface area contributed by atoms with E-state index in [2.05, 4.69) is 36.9 Å². The van der Waals surface area contributed by atoms with Gasteiger partial charge in [0.1, 0.15) is 5.60 Å². The summed E-state index contributed by atoms with van der Waals surface area (Å²) >= 11 is 0. The van der Waals surface area contributed by atoms with Crippen molar-refractivity contribution in [2.75, 3.05) is 0 Å². The molecule has 0 aliphatic heterocycles. The Labute approximate surface area is 125 Å². The minimum absolute atomic E-state index is 0.287. The fourth-order valence-corrected chi connectivity index (χ4v) is 3.13. The van der Waals surface area contributed by atoms with Gasteiger partial charge in [-0.1, -0.05) is 43.0 Å². The van der Waals surface area contributed by atoms with Crippen molar-refractivity contribution in [1.29, 1.82) is 0 Å². The summed E-state index contributed by atoms with van der Waals surface area (Å²) in [5.74, 6) is -0.287. The van der Waals surface area contributed by atoms with Gasteiger partial charge in [0.15, 0.2) is 0 Å². The fourth-order valence-electron chi connectivity index (χ4n) is 3.13. The van der Waals surface area contributed by atoms with Gasteiger partial charge in [0.2, 0.25) is 0 Å². The second kappa shape index (κ2) is 5.36. The summed E-state index contributed by atoms with van der Waals surface area (Å²) in [5, 5.41) is 2.40. The Balaban J connectivity index is 2.02. The van der Waals surface area contributed by atoms with E-state index in [-0.39, 0.29) is 5.97 Å². The number of rotatable bonds is 3. The maximum Gasteiger partial charge on any atom is 0.333 e. The smallest absolute Gasteiger partial charge is 0.333 e. The van der Waals surface area contributed by atoms with Gasteiger partial charge in [-0.3, -0.25) is 0 Å². The summed E-state index contributed by atoms with van der Waals surface area (Å²) < 4.78 is 5.86. The monoisotopic (exact) mass is 280 g/mol. The van der Waals surface area contributed by atoms with Gasteiger partial charge in [0, 0.05) is 5.57 Å². The van der Waals surface area contributed by atoms with Crippen molar-refractivity contribution >= 4 is 16.7 Å². The highest BCUT2D eigenvalue weighted by Crippen LogP contribution is 2.43. The molecule has 0 spiro atoms. The quantitative estimate of drug-likeness (QED) is 0.600. The molecule has 0 amide bonds. The molecular formula is C19H20O2. The Morgan fingerprint density at radius 1 is 1.10 bits per heavy atom. The van der Waals surface area contributed by atoms with E-state index in [1.54, 1.807) is 6.92 Å². The van der Waals surface area contributed by atoms with Crippen LogP contribution in [0.15, 0.2) is 54.6 Å². The molecule has 0 atom stereocenters. The molecule has 3 rings (SSSR count). The first-order chi connectivity index (χ1) is 10.1. The standard InChI is InChI=1S/C19H20O2/c1-14(2)18(20)21-19(11-5-6-12-19)17-10-9-15-7-3-4-8-16(15)13-17/h3-4,7-10,13H,1,5-6,11-12H2,2H3. The third-order valence-electron chi connectivity index (χ3n) is 4.32. The molecule has 2 aromatic rings. The van der Waals surface area contributed by atoms with E-state index in [0.29, 0.717) is 5.57 Å². The van der Waals surface area contributed by atoms with Gasteiger partial charge in [-0.25, -0.2) is 4.79 Å². The van der Waals surface area contributed by atoms with Crippen LogP contribution in [0.25, 0.3) is 10.8 Å². The summed E-state index contributed by atoms with van der Waals surface area (Å²) in [6, 6.07) is 14.6. The number of carbonyl (C=O) groups is 1. The normalized spacial score (nSPS) is 16.8. The molecule has 0 unspecified atom stereocenters. The van der Waals surface area contributed by atoms with Crippen LogP contribution < -0.4 is 0 Å². The van der Waals surface area contributed by atoms with Crippen LogP contribution in [0.1, 0.15) is 38.2 Å². The molecule has 2 aromatic carbocycles. The molecular weight excluding hydrogens is 260 g/mol. The average Bonchev–Trinajstić information content (AvgIpc) is 2.96. The number of hydrogen-bond acceptors (Lipinski definition) is 2. The number of benzene rings is 2. The molecule has 2 nitrogen and oxygen atoms in total. The van der Waals surface area contributed by atoms with Crippen LogP contribution in [-0.4, -0.2) is 5.97 Å². The molecule has 1 aliphatic rings. The predicted octanol–water partition coefficient (Wildman–Crippen LogP) is 4.73. The van der Waals surface area contributed by atoms with Gasteiger partial charge < -0.3 is 4.74 Å². The first-order valence-electron chi connectivity index (χ1n) is 7.49. The SMILES string of the molecule is C=C(C)C(=O)OC1(c2ccc3ccccc3c2)CCCC1. The van der Waals surface area contributed by atoms with E-state index in [4.69, 9.17) is 4.74 Å². The van der Waals surface area contributed by atoms with Crippen molar-refractivity contribution in [3.8, 4) is 0 Å². The molecule has 2 heteroatoms. The van der Waals surface area contributed by atoms with Gasteiger partial charge in [-0.2, -0.15) is 0 Å². The molecule has 1 fully saturated rings. The molecule has 21 heavy (non-hydrogen) atoms. The third kappa shape index (κ3) is 2.58. The van der Waals surface area contributed by atoms with Crippen LogP contribution in [0.2, 0.25) is 0 Å². The minimum Gasteiger partial charge on any atom is -0.451 e. The summed E-state index contributed by atoms with van der Waals surface area (Å²) in [6.07, 6.45) is 3.97. The van der Waals surface area contributed by atoms with Gasteiger partial charge in [-0.15, -0.1) is 0 Å². The second-order valence-electron chi connectivity index (χ2n) is 5.93. The Kier molecular flexibility index (Phi) is 3.54.